The maximum absolute atomic E-state index is 9.60. The fourth-order valence-electron chi connectivity index (χ4n) is 1.08. The van der Waals surface area contributed by atoms with E-state index >= 15 is 0 Å². The van der Waals surface area contributed by atoms with Crippen LogP contribution in [0.2, 0.25) is 0 Å². The molecule has 1 aromatic carbocycles. The number of carbonyl (C=O) groups excluding carboxylic acids is 1. The van der Waals surface area contributed by atoms with Gasteiger partial charge in [-0.25, -0.2) is 0 Å². The smallest absolute Gasteiger partial charge is 0.293 e. The van der Waals surface area contributed by atoms with Crippen molar-refractivity contribution in [3.63, 3.8) is 0 Å². The molecule has 2 aromatic rings. The van der Waals surface area contributed by atoms with Gasteiger partial charge in [-0.15, -0.1) is 0 Å². The predicted octanol–water partition coefficient (Wildman–Crippen LogP) is 3.15. The summed E-state index contributed by atoms with van der Waals surface area (Å²) in [4.78, 5) is 9.60. The monoisotopic (exact) mass is 298 g/mol. The zero-order valence-electron chi connectivity index (χ0n) is 10.1. The largest absolute Gasteiger partial charge is 0.462 e. The first-order valence-corrected chi connectivity index (χ1v) is 5.85. The maximum atomic E-state index is 9.60. The second-order valence-electron chi connectivity index (χ2n) is 4.39. The summed E-state index contributed by atoms with van der Waals surface area (Å²) in [6.07, 6.45) is 1.82. The minimum atomic E-state index is -0.318. The third kappa shape index (κ3) is 4.56. The van der Waals surface area contributed by atoms with E-state index in [1.165, 1.54) is 0 Å². The van der Waals surface area contributed by atoms with E-state index in [9.17, 15) is 4.79 Å². The van der Waals surface area contributed by atoms with Crippen molar-refractivity contribution in [1.29, 1.82) is 0 Å². The van der Waals surface area contributed by atoms with E-state index in [1.807, 2.05) is 51.2 Å². The van der Waals surface area contributed by atoms with Gasteiger partial charge < -0.3 is 4.74 Å². The van der Waals surface area contributed by atoms with Crippen molar-refractivity contribution in [2.45, 2.75) is 26.4 Å². The third-order valence-corrected chi connectivity index (χ3v) is 2.40. The summed E-state index contributed by atoms with van der Waals surface area (Å²) in [6, 6.07) is 8.02. The quantitative estimate of drug-likeness (QED) is 0.760. The topological polar surface area (TPSA) is 44.1 Å². The predicted molar refractivity (Wildman–Crippen MR) is 71.0 cm³/mol. The van der Waals surface area contributed by atoms with Crippen molar-refractivity contribution in [3.05, 3.63) is 30.5 Å². The fourth-order valence-corrected chi connectivity index (χ4v) is 1.50. The van der Waals surface area contributed by atoms with Crippen LogP contribution in [0.4, 0.5) is 0 Å². The van der Waals surface area contributed by atoms with Crippen LogP contribution in [0.1, 0.15) is 20.8 Å². The minimum absolute atomic E-state index is 0.318. The van der Waals surface area contributed by atoms with Crippen LogP contribution in [-0.2, 0) is 9.53 Å². The van der Waals surface area contributed by atoms with Crippen molar-refractivity contribution in [2.75, 3.05) is 0 Å². The molecule has 1 aromatic heterocycles. The van der Waals surface area contributed by atoms with Gasteiger partial charge in [0.2, 0.25) is 0 Å². The number of rotatable bonds is 1. The molecule has 0 N–H and O–H groups in total. The van der Waals surface area contributed by atoms with Crippen molar-refractivity contribution in [1.82, 2.24) is 8.81 Å². The highest BCUT2D eigenvalue weighted by Gasteiger charge is 2.07. The summed E-state index contributed by atoms with van der Waals surface area (Å²) in [5.41, 5.74) is 0.782. The molecule has 2 rings (SSSR count). The molecule has 0 atom stereocenters. The van der Waals surface area contributed by atoms with Gasteiger partial charge in [-0.2, -0.15) is 8.81 Å². The molecule has 0 saturated heterocycles. The van der Waals surface area contributed by atoms with Gasteiger partial charge in [0.05, 0.1) is 27.9 Å². The van der Waals surface area contributed by atoms with Crippen LogP contribution in [0, 0.1) is 0 Å². The van der Waals surface area contributed by atoms with Gasteiger partial charge in [0.25, 0.3) is 6.47 Å². The van der Waals surface area contributed by atoms with E-state index in [1.54, 1.807) is 3.71 Å². The highest BCUT2D eigenvalue weighted by atomic mass is 79.9. The van der Waals surface area contributed by atoms with Gasteiger partial charge >= 0.3 is 0 Å². The Morgan fingerprint density at radius 3 is 2.47 bits per heavy atom. The minimum Gasteiger partial charge on any atom is -0.462 e. The molecule has 0 saturated carbocycles. The molecule has 4 nitrogen and oxygen atoms in total. The van der Waals surface area contributed by atoms with Gasteiger partial charge in [0.1, 0.15) is 5.60 Å². The summed E-state index contributed by atoms with van der Waals surface area (Å²) >= 11 is 3.27. The molecule has 5 heteroatoms. The van der Waals surface area contributed by atoms with Gasteiger partial charge in [0, 0.05) is 5.39 Å². The summed E-state index contributed by atoms with van der Waals surface area (Å²) in [6.45, 7) is 5.92. The maximum Gasteiger partial charge on any atom is 0.293 e. The SMILES string of the molecule is Brn1ncc2ccccc21.CC(C)(C)OC=O. The summed E-state index contributed by atoms with van der Waals surface area (Å²) in [5.74, 6) is 0. The number of halogens is 1. The Hall–Kier alpha value is -1.36. The van der Waals surface area contributed by atoms with Crippen molar-refractivity contribution < 1.29 is 9.53 Å². The van der Waals surface area contributed by atoms with Crippen molar-refractivity contribution in [3.8, 4) is 0 Å². The number of para-hydroxylation sites is 1. The van der Waals surface area contributed by atoms with Crippen LogP contribution in [0.3, 0.4) is 0 Å². The van der Waals surface area contributed by atoms with E-state index in [-0.39, 0.29) is 5.60 Å². The second kappa shape index (κ2) is 5.82. The van der Waals surface area contributed by atoms with E-state index in [4.69, 9.17) is 0 Å². The Morgan fingerprint density at radius 1 is 1.35 bits per heavy atom. The van der Waals surface area contributed by atoms with Gasteiger partial charge in [-0.3, -0.25) is 4.79 Å². The zero-order valence-corrected chi connectivity index (χ0v) is 11.6. The zero-order chi connectivity index (χ0) is 12.9. The van der Waals surface area contributed by atoms with E-state index in [2.05, 4.69) is 26.0 Å². The highest BCUT2D eigenvalue weighted by molar-refractivity contribution is 9.08. The van der Waals surface area contributed by atoms with Gasteiger partial charge in [-0.05, 0) is 26.8 Å². The van der Waals surface area contributed by atoms with Crippen LogP contribution in [0.25, 0.3) is 10.9 Å². The first-order chi connectivity index (χ1) is 7.94. The number of hydrogen-bond donors (Lipinski definition) is 0. The number of aromatic nitrogens is 2. The van der Waals surface area contributed by atoms with Crippen LogP contribution < -0.4 is 0 Å². The highest BCUT2D eigenvalue weighted by Crippen LogP contribution is 2.13. The Balaban J connectivity index is 0.000000185. The molecule has 0 radical (unpaired) electrons. The lowest BCUT2D eigenvalue weighted by molar-refractivity contribution is -0.138. The molecule has 0 bridgehead atoms. The number of benzene rings is 1. The first kappa shape index (κ1) is 13.7. The van der Waals surface area contributed by atoms with Crippen LogP contribution in [-0.4, -0.2) is 20.9 Å². The molecule has 17 heavy (non-hydrogen) atoms. The number of fused-ring (bicyclic) bond motifs is 1. The second-order valence-corrected chi connectivity index (χ2v) is 5.06. The van der Waals surface area contributed by atoms with E-state index < -0.39 is 0 Å². The lowest BCUT2D eigenvalue weighted by Gasteiger charge is -2.14. The van der Waals surface area contributed by atoms with Gasteiger partial charge in [0.15, 0.2) is 0 Å². The van der Waals surface area contributed by atoms with Crippen molar-refractivity contribution >= 4 is 33.5 Å². The average molecular weight is 299 g/mol. The number of carbonyl (C=O) groups is 1. The molecule has 92 valence electrons. The van der Waals surface area contributed by atoms with Crippen LogP contribution in [0.15, 0.2) is 30.5 Å². The lowest BCUT2D eigenvalue weighted by atomic mass is 10.2. The number of nitrogens with zero attached hydrogens (tertiary/aromatic N) is 2. The van der Waals surface area contributed by atoms with Crippen molar-refractivity contribution in [2.24, 2.45) is 0 Å². The third-order valence-electron chi connectivity index (χ3n) is 1.84. The lowest BCUT2D eigenvalue weighted by Crippen LogP contribution is -2.17. The summed E-state index contributed by atoms with van der Waals surface area (Å²) in [5, 5.41) is 5.18. The molecule has 0 fully saturated rings. The molecule has 1 heterocycles. The molecule has 0 amide bonds. The summed E-state index contributed by atoms with van der Waals surface area (Å²) < 4.78 is 6.23. The fraction of sp³-hybridized carbons (Fsp3) is 0.333. The Bertz CT molecular complexity index is 488. The van der Waals surface area contributed by atoms with Crippen LogP contribution >= 0.6 is 16.1 Å². The molecular weight excluding hydrogens is 284 g/mol. The average Bonchev–Trinajstić information content (AvgIpc) is 2.61. The molecule has 0 spiro atoms. The Labute approximate surface area is 109 Å². The standard InChI is InChI=1S/C7H5BrN2.C5H10O2/c8-10-7-4-2-1-3-6(7)5-9-10;1-5(2,3)7-4-6/h1-5H;4H,1-3H3. The molecule has 0 aliphatic heterocycles. The summed E-state index contributed by atoms with van der Waals surface area (Å²) in [7, 11) is 0. The number of ether oxygens (including phenoxy) is 1. The van der Waals surface area contributed by atoms with Crippen LogP contribution in [0.5, 0.6) is 0 Å². The first-order valence-electron chi connectivity index (χ1n) is 5.14. The molecule has 0 unspecified atom stereocenters. The molecular formula is C12H15BrN2O2. The number of hydrogen-bond acceptors (Lipinski definition) is 3. The Kier molecular flexibility index (Phi) is 4.69. The van der Waals surface area contributed by atoms with Gasteiger partial charge in [-0.1, -0.05) is 18.2 Å². The van der Waals surface area contributed by atoms with E-state index in [0.717, 1.165) is 10.9 Å². The molecule has 0 aliphatic rings. The Morgan fingerprint density at radius 2 is 2.00 bits per heavy atom. The van der Waals surface area contributed by atoms with E-state index in [0.29, 0.717) is 6.47 Å². The molecule has 0 aliphatic carbocycles. The normalized spacial score (nSPS) is 10.6.